The molecule has 0 aromatic carbocycles. The lowest BCUT2D eigenvalue weighted by Gasteiger charge is -2.21. The maximum Gasteiger partial charge on any atom is 0.310 e. The number of carbonyl (C=O) groups is 1. The van der Waals surface area contributed by atoms with Crippen LogP contribution in [-0.4, -0.2) is 36.6 Å². The third-order valence-electron chi connectivity index (χ3n) is 3.62. The Bertz CT molecular complexity index is 571. The largest absolute Gasteiger partial charge is 0.481 e. The average molecular weight is 263 g/mol. The molecule has 8 nitrogen and oxygen atoms in total. The number of carboxylic acid groups (broad SMARTS) is 1. The minimum absolute atomic E-state index is 0.271. The van der Waals surface area contributed by atoms with E-state index in [9.17, 15) is 9.90 Å². The maximum atomic E-state index is 11.4. The fourth-order valence-electron chi connectivity index (χ4n) is 2.55. The highest BCUT2D eigenvalue weighted by atomic mass is 16.5. The maximum absolute atomic E-state index is 11.4. The molecule has 2 N–H and O–H groups in total. The molecular formula is C11H13N5O3. The molecule has 2 heterocycles. The number of aromatic nitrogens is 5. The van der Waals surface area contributed by atoms with Crippen molar-refractivity contribution in [2.45, 2.75) is 32.1 Å². The first-order chi connectivity index (χ1) is 9.20. The summed E-state index contributed by atoms with van der Waals surface area (Å²) in [4.78, 5) is 15.6. The molecule has 8 heteroatoms. The third kappa shape index (κ3) is 2.09. The SMILES string of the molecule is O=C(O)C1(Cc2nc(-c3cn[nH]n3)no2)CCCC1. The van der Waals surface area contributed by atoms with Crippen LogP contribution in [0.15, 0.2) is 10.7 Å². The summed E-state index contributed by atoms with van der Waals surface area (Å²) in [5.74, 6) is -0.129. The summed E-state index contributed by atoms with van der Waals surface area (Å²) in [6, 6.07) is 0. The van der Waals surface area contributed by atoms with E-state index in [0.29, 0.717) is 30.3 Å². The van der Waals surface area contributed by atoms with E-state index in [1.165, 1.54) is 6.20 Å². The van der Waals surface area contributed by atoms with Crippen molar-refractivity contribution in [3.05, 3.63) is 12.1 Å². The highest BCUT2D eigenvalue weighted by Gasteiger charge is 2.42. The predicted molar refractivity (Wildman–Crippen MR) is 61.9 cm³/mol. The second kappa shape index (κ2) is 4.45. The monoisotopic (exact) mass is 263 g/mol. The van der Waals surface area contributed by atoms with E-state index in [1.807, 2.05) is 0 Å². The third-order valence-corrected chi connectivity index (χ3v) is 3.62. The Morgan fingerprint density at radius 3 is 2.89 bits per heavy atom. The van der Waals surface area contributed by atoms with Crippen molar-refractivity contribution in [1.29, 1.82) is 0 Å². The van der Waals surface area contributed by atoms with Gasteiger partial charge in [-0.25, -0.2) is 0 Å². The molecule has 0 unspecified atom stereocenters. The molecule has 3 rings (SSSR count). The highest BCUT2D eigenvalue weighted by molar-refractivity contribution is 5.75. The smallest absolute Gasteiger partial charge is 0.310 e. The number of aliphatic carboxylic acids is 1. The molecule has 0 radical (unpaired) electrons. The minimum atomic E-state index is -0.786. The normalized spacial score (nSPS) is 17.7. The Morgan fingerprint density at radius 2 is 2.26 bits per heavy atom. The van der Waals surface area contributed by atoms with Crippen molar-refractivity contribution in [3.63, 3.8) is 0 Å². The van der Waals surface area contributed by atoms with E-state index in [0.717, 1.165) is 12.8 Å². The topological polar surface area (TPSA) is 118 Å². The van der Waals surface area contributed by atoms with Gasteiger partial charge in [-0.05, 0) is 12.8 Å². The molecule has 2 aromatic heterocycles. The lowest BCUT2D eigenvalue weighted by molar-refractivity contribution is -0.148. The molecule has 0 atom stereocenters. The standard InChI is InChI=1S/C11H13N5O3/c17-10(18)11(3-1-2-4-11)5-8-13-9(15-19-8)7-6-12-16-14-7/h6H,1-5H2,(H,17,18)(H,12,14,16). The van der Waals surface area contributed by atoms with Gasteiger partial charge in [0.1, 0.15) is 0 Å². The van der Waals surface area contributed by atoms with E-state index in [4.69, 9.17) is 4.52 Å². The number of aromatic amines is 1. The van der Waals surface area contributed by atoms with Gasteiger partial charge in [0.2, 0.25) is 11.7 Å². The summed E-state index contributed by atoms with van der Waals surface area (Å²) < 4.78 is 5.12. The van der Waals surface area contributed by atoms with Gasteiger partial charge in [-0.3, -0.25) is 4.79 Å². The zero-order valence-electron chi connectivity index (χ0n) is 10.2. The predicted octanol–water partition coefficient (Wildman–Crippen LogP) is 1.04. The van der Waals surface area contributed by atoms with Crippen LogP contribution in [0, 0.1) is 5.41 Å². The fourth-order valence-corrected chi connectivity index (χ4v) is 2.55. The van der Waals surface area contributed by atoms with Gasteiger partial charge in [-0.15, -0.1) is 0 Å². The van der Waals surface area contributed by atoms with Crippen molar-refractivity contribution in [2.24, 2.45) is 5.41 Å². The summed E-state index contributed by atoms with van der Waals surface area (Å²) >= 11 is 0. The second-order valence-corrected chi connectivity index (χ2v) is 4.84. The van der Waals surface area contributed by atoms with Gasteiger partial charge in [-0.1, -0.05) is 18.0 Å². The average Bonchev–Trinajstić information content (AvgIpc) is 3.10. The Hall–Kier alpha value is -2.25. The number of hydrogen-bond acceptors (Lipinski definition) is 6. The molecule has 1 saturated carbocycles. The van der Waals surface area contributed by atoms with Gasteiger partial charge in [0.15, 0.2) is 5.69 Å². The van der Waals surface area contributed by atoms with Gasteiger partial charge < -0.3 is 9.63 Å². The molecular weight excluding hydrogens is 250 g/mol. The highest BCUT2D eigenvalue weighted by Crippen LogP contribution is 2.41. The molecule has 0 aliphatic heterocycles. The van der Waals surface area contributed by atoms with Gasteiger partial charge in [0.05, 0.1) is 11.6 Å². The number of hydrogen-bond donors (Lipinski definition) is 2. The van der Waals surface area contributed by atoms with Gasteiger partial charge in [0, 0.05) is 6.42 Å². The number of carboxylic acids is 1. The lowest BCUT2D eigenvalue weighted by atomic mass is 9.83. The van der Waals surface area contributed by atoms with Crippen LogP contribution >= 0.6 is 0 Å². The summed E-state index contributed by atoms with van der Waals surface area (Å²) in [5, 5.41) is 23.2. The number of nitrogens with zero attached hydrogens (tertiary/aromatic N) is 4. The molecule has 2 aromatic rings. The van der Waals surface area contributed by atoms with Gasteiger partial charge in [-0.2, -0.15) is 20.4 Å². The number of nitrogens with one attached hydrogen (secondary N) is 1. The first-order valence-corrected chi connectivity index (χ1v) is 6.12. The molecule has 0 spiro atoms. The summed E-state index contributed by atoms with van der Waals surface area (Å²) in [6.07, 6.45) is 4.92. The zero-order valence-corrected chi connectivity index (χ0v) is 10.2. The van der Waals surface area contributed by atoms with Gasteiger partial charge >= 0.3 is 5.97 Å². The van der Waals surface area contributed by atoms with E-state index >= 15 is 0 Å². The van der Waals surface area contributed by atoms with Crippen LogP contribution in [0.3, 0.4) is 0 Å². The van der Waals surface area contributed by atoms with Crippen molar-refractivity contribution < 1.29 is 14.4 Å². The van der Waals surface area contributed by atoms with Crippen molar-refractivity contribution in [1.82, 2.24) is 25.6 Å². The minimum Gasteiger partial charge on any atom is -0.481 e. The van der Waals surface area contributed by atoms with Crippen LogP contribution in [0.1, 0.15) is 31.6 Å². The molecule has 0 bridgehead atoms. The Balaban J connectivity index is 1.82. The summed E-state index contributed by atoms with van der Waals surface area (Å²) in [5.41, 5.74) is -0.279. The summed E-state index contributed by atoms with van der Waals surface area (Å²) in [7, 11) is 0. The quantitative estimate of drug-likeness (QED) is 0.845. The first-order valence-electron chi connectivity index (χ1n) is 6.12. The molecule has 0 amide bonds. The Kier molecular flexibility index (Phi) is 2.77. The molecule has 1 aliphatic carbocycles. The first kappa shape index (κ1) is 11.8. The molecule has 0 saturated heterocycles. The molecule has 100 valence electrons. The van der Waals surface area contributed by atoms with Crippen molar-refractivity contribution in [3.8, 4) is 11.5 Å². The van der Waals surface area contributed by atoms with E-state index in [2.05, 4.69) is 25.6 Å². The van der Waals surface area contributed by atoms with Crippen molar-refractivity contribution in [2.75, 3.05) is 0 Å². The van der Waals surface area contributed by atoms with Crippen LogP contribution in [0.25, 0.3) is 11.5 Å². The van der Waals surface area contributed by atoms with Crippen molar-refractivity contribution >= 4 is 5.97 Å². The zero-order chi connectivity index (χ0) is 13.3. The molecule has 1 aliphatic rings. The second-order valence-electron chi connectivity index (χ2n) is 4.84. The molecule has 19 heavy (non-hydrogen) atoms. The van der Waals surface area contributed by atoms with E-state index in [1.54, 1.807) is 0 Å². The van der Waals surface area contributed by atoms with Crippen LogP contribution < -0.4 is 0 Å². The van der Waals surface area contributed by atoms with Crippen LogP contribution in [0.5, 0.6) is 0 Å². The Morgan fingerprint density at radius 1 is 1.47 bits per heavy atom. The lowest BCUT2D eigenvalue weighted by Crippen LogP contribution is -2.30. The molecule has 1 fully saturated rings. The summed E-state index contributed by atoms with van der Waals surface area (Å²) in [6.45, 7) is 0. The fraction of sp³-hybridized carbons (Fsp3) is 0.545. The van der Waals surface area contributed by atoms with E-state index in [-0.39, 0.29) is 6.42 Å². The van der Waals surface area contributed by atoms with Crippen LogP contribution in [-0.2, 0) is 11.2 Å². The Labute approximate surface area is 108 Å². The van der Waals surface area contributed by atoms with Crippen LogP contribution in [0.2, 0.25) is 0 Å². The number of H-pyrrole nitrogens is 1. The van der Waals surface area contributed by atoms with E-state index < -0.39 is 11.4 Å². The van der Waals surface area contributed by atoms with Gasteiger partial charge in [0.25, 0.3) is 0 Å². The van der Waals surface area contributed by atoms with Crippen LogP contribution in [0.4, 0.5) is 0 Å². The number of rotatable bonds is 4.